The van der Waals surface area contributed by atoms with Crippen molar-refractivity contribution < 1.29 is 26.4 Å². The van der Waals surface area contributed by atoms with Gasteiger partial charge in [-0.05, 0) is 132 Å². The Bertz CT molecular complexity index is 2500. The number of pyridine rings is 2. The largest absolute Gasteiger partial charge is 0.370 e. The van der Waals surface area contributed by atoms with Crippen LogP contribution in [0.3, 0.4) is 0 Å². The van der Waals surface area contributed by atoms with Crippen LogP contribution in [0.2, 0.25) is 15.7 Å². The van der Waals surface area contributed by atoms with Gasteiger partial charge in [-0.1, -0.05) is 23.7 Å². The molecule has 5 N–H and O–H groups in total. The molecule has 7 heterocycles. The second-order valence-corrected chi connectivity index (χ2v) is 20.6. The van der Waals surface area contributed by atoms with Crippen molar-refractivity contribution >= 4 is 84.1 Å². The first-order valence-electron chi connectivity index (χ1n) is 19.5. The van der Waals surface area contributed by atoms with Crippen molar-refractivity contribution in [3.05, 3.63) is 75.6 Å². The summed E-state index contributed by atoms with van der Waals surface area (Å²) in [6.07, 6.45) is 8.27. The summed E-state index contributed by atoms with van der Waals surface area (Å²) in [7, 11) is -8.40. The molecule has 0 aromatic carbocycles. The van der Waals surface area contributed by atoms with E-state index < -0.39 is 31.9 Å². The van der Waals surface area contributed by atoms with Crippen LogP contribution in [-0.4, -0.2) is 95.8 Å². The Hall–Kier alpha value is -4.47. The number of sulfonamides is 2. The topological polar surface area (TPSA) is 243 Å². The summed E-state index contributed by atoms with van der Waals surface area (Å²) < 4.78 is 54.7. The number of nitrogens with one attached hydrogen (secondary N) is 5. The molecule has 18 nitrogen and oxygen atoms in total. The number of hydrogen-bond donors (Lipinski definition) is 5. The Kier molecular flexibility index (Phi) is 14.2. The molecule has 2 saturated heterocycles. The van der Waals surface area contributed by atoms with E-state index in [1.165, 1.54) is 18.3 Å². The van der Waals surface area contributed by atoms with Crippen molar-refractivity contribution in [1.82, 2.24) is 44.7 Å². The number of fused-ring (bicyclic) bond motifs is 6. The number of anilines is 3. The molecule has 0 radical (unpaired) electrons. The number of hydrogen-bond acceptors (Lipinski definition) is 16. The fourth-order valence-corrected chi connectivity index (χ4v) is 10.0. The molecule has 23 heteroatoms. The van der Waals surface area contributed by atoms with Crippen LogP contribution in [0.25, 0.3) is 0 Å². The molecule has 328 valence electrons. The quantitative estimate of drug-likeness (QED) is 0.0852. The van der Waals surface area contributed by atoms with E-state index in [1.807, 2.05) is 9.62 Å². The number of aromatic nitrogens is 6. The molecule has 4 aromatic rings. The second-order valence-electron chi connectivity index (χ2n) is 16.3. The molecule has 4 aromatic heterocycles. The molecule has 0 aliphatic carbocycles. The molecular formula is C38H47Cl3N12O6S2. The lowest BCUT2D eigenvalue weighted by Gasteiger charge is -2.33. The summed E-state index contributed by atoms with van der Waals surface area (Å²) in [6, 6.07) is 9.14. The molecule has 2 fully saturated rings. The van der Waals surface area contributed by atoms with Crippen molar-refractivity contribution in [3.8, 4) is 0 Å². The fraction of sp³-hybridized carbons (Fsp3) is 0.474. The van der Waals surface area contributed by atoms with Gasteiger partial charge in [0.05, 0.1) is 5.56 Å². The normalized spacial score (nSPS) is 20.4. The zero-order valence-corrected chi connectivity index (χ0v) is 37.8. The van der Waals surface area contributed by atoms with Crippen LogP contribution in [0, 0.1) is 11.8 Å². The maximum absolute atomic E-state index is 13.0. The third-order valence-corrected chi connectivity index (χ3v) is 13.6. The molecule has 0 spiro atoms. The number of rotatable bonds is 8. The Balaban J connectivity index is 0.000000204. The van der Waals surface area contributed by atoms with Crippen molar-refractivity contribution in [2.75, 3.05) is 41.7 Å². The lowest BCUT2D eigenvalue weighted by Crippen LogP contribution is -2.41. The third-order valence-electron chi connectivity index (χ3n) is 10.5. The summed E-state index contributed by atoms with van der Waals surface area (Å²) in [4.78, 5) is 51.0. The van der Waals surface area contributed by atoms with E-state index in [2.05, 4.69) is 78.3 Å². The number of nitrogens with zero attached hydrogens (tertiary/aromatic N) is 7. The SMILES string of the molecule is CC1(C)C[C@@H]2CCCNc3cccc(n3)S(=O)(=O)NC(=O)c3cnc(Cl)nc3N1C2.CC1(C)C[C@H](CCCNc2cccc(S(=O)(=O)NC(=O)c3cnc(Cl)nc3Cl)n2)CN1. The van der Waals surface area contributed by atoms with E-state index in [0.717, 1.165) is 51.3 Å². The first-order chi connectivity index (χ1) is 28.7. The van der Waals surface area contributed by atoms with Gasteiger partial charge >= 0.3 is 0 Å². The maximum Gasteiger partial charge on any atom is 0.281 e. The first-order valence-corrected chi connectivity index (χ1v) is 23.6. The van der Waals surface area contributed by atoms with Gasteiger partial charge in [0.15, 0.2) is 10.1 Å². The van der Waals surface area contributed by atoms with Gasteiger partial charge in [-0.25, -0.2) is 34.4 Å². The maximum atomic E-state index is 13.0. The van der Waals surface area contributed by atoms with Crippen molar-refractivity contribution in [2.24, 2.45) is 11.8 Å². The minimum Gasteiger partial charge on any atom is -0.370 e. The van der Waals surface area contributed by atoms with Crippen LogP contribution in [0.5, 0.6) is 0 Å². The molecule has 0 saturated carbocycles. The van der Waals surface area contributed by atoms with Crippen LogP contribution < -0.4 is 30.3 Å². The molecular weight excluding hydrogens is 891 g/mol. The van der Waals surface area contributed by atoms with Crippen LogP contribution >= 0.6 is 34.8 Å². The number of halogens is 3. The van der Waals surface area contributed by atoms with Gasteiger partial charge in [0.1, 0.15) is 28.2 Å². The highest BCUT2D eigenvalue weighted by atomic mass is 35.5. The minimum atomic E-state index is -4.22. The monoisotopic (exact) mass is 936 g/mol. The molecule has 2 amide bonds. The molecule has 4 bridgehead atoms. The highest BCUT2D eigenvalue weighted by molar-refractivity contribution is 7.90. The van der Waals surface area contributed by atoms with E-state index >= 15 is 0 Å². The Morgan fingerprint density at radius 1 is 0.967 bits per heavy atom. The van der Waals surface area contributed by atoms with E-state index in [4.69, 9.17) is 34.8 Å². The van der Waals surface area contributed by atoms with Gasteiger partial charge in [-0.15, -0.1) is 0 Å². The molecule has 0 unspecified atom stereocenters. The van der Waals surface area contributed by atoms with E-state index in [0.29, 0.717) is 48.9 Å². The van der Waals surface area contributed by atoms with Crippen LogP contribution in [0.4, 0.5) is 17.5 Å². The summed E-state index contributed by atoms with van der Waals surface area (Å²) >= 11 is 17.5. The summed E-state index contributed by atoms with van der Waals surface area (Å²) in [5.41, 5.74) is -0.240. The number of carbonyl (C=O) groups is 2. The van der Waals surface area contributed by atoms with Gasteiger partial charge in [0.25, 0.3) is 31.9 Å². The minimum absolute atomic E-state index is 0.000131. The molecule has 3 aliphatic heterocycles. The van der Waals surface area contributed by atoms with E-state index in [9.17, 15) is 26.4 Å². The average molecular weight is 938 g/mol. The van der Waals surface area contributed by atoms with Gasteiger partial charge in [-0.3, -0.25) is 9.59 Å². The van der Waals surface area contributed by atoms with Crippen LogP contribution in [-0.2, 0) is 20.0 Å². The van der Waals surface area contributed by atoms with Crippen LogP contribution in [0.1, 0.15) is 86.9 Å². The standard InChI is InChI=1S/C19H24Cl2N6O3S.C19H23ClN6O3S/c1-19(2)9-12(10-24-19)5-4-8-22-14-6-3-7-15(25-14)31(29,30)27-17(28)13-11-23-18(21)26-16(13)20;1-19(2)9-12-5-4-8-21-14-6-3-7-15(23-14)30(28,29)25-17(27)13-10-22-18(20)24-16(13)26(19)11-12/h3,6-7,11-12,24H,4-5,8-10H2,1-2H3,(H,22,25)(H,27,28);3,6-7,10,12H,4-5,8-9,11H2,1-2H3,(H,21,23)(H,25,27)/t2*12-/m00/s1. The summed E-state index contributed by atoms with van der Waals surface area (Å²) in [5, 5.41) is 8.87. The molecule has 7 rings (SSSR count). The molecule has 2 atom stereocenters. The highest BCUT2D eigenvalue weighted by Crippen LogP contribution is 2.39. The second kappa shape index (κ2) is 18.9. The third kappa shape index (κ3) is 11.9. The lowest BCUT2D eigenvalue weighted by atomic mass is 9.93. The van der Waals surface area contributed by atoms with Crippen molar-refractivity contribution in [1.29, 1.82) is 0 Å². The van der Waals surface area contributed by atoms with Crippen molar-refractivity contribution in [3.63, 3.8) is 0 Å². The zero-order valence-electron chi connectivity index (χ0n) is 33.9. The summed E-state index contributed by atoms with van der Waals surface area (Å²) in [6.45, 7) is 11.6. The predicted molar refractivity (Wildman–Crippen MR) is 232 cm³/mol. The smallest absolute Gasteiger partial charge is 0.281 e. The highest BCUT2D eigenvalue weighted by Gasteiger charge is 2.41. The molecule has 61 heavy (non-hydrogen) atoms. The van der Waals surface area contributed by atoms with Gasteiger partial charge in [0.2, 0.25) is 10.6 Å². The van der Waals surface area contributed by atoms with E-state index in [-0.39, 0.29) is 48.0 Å². The summed E-state index contributed by atoms with van der Waals surface area (Å²) in [5.74, 6) is 0.433. The molecule has 3 aliphatic rings. The lowest BCUT2D eigenvalue weighted by molar-refractivity contribution is 0.0971. The zero-order chi connectivity index (χ0) is 44.2. The number of amides is 2. The van der Waals surface area contributed by atoms with Gasteiger partial charge in [0, 0.05) is 43.1 Å². The van der Waals surface area contributed by atoms with Gasteiger partial charge in [-0.2, -0.15) is 21.8 Å². The predicted octanol–water partition coefficient (Wildman–Crippen LogP) is 5.33. The Morgan fingerprint density at radius 3 is 2.44 bits per heavy atom. The van der Waals surface area contributed by atoms with Crippen LogP contribution in [0.15, 0.2) is 58.8 Å². The average Bonchev–Trinajstić information content (AvgIpc) is 3.70. The Morgan fingerprint density at radius 2 is 1.70 bits per heavy atom. The van der Waals surface area contributed by atoms with Crippen molar-refractivity contribution in [2.45, 2.75) is 87.3 Å². The number of carbonyl (C=O) groups excluding carboxylic acids is 2. The fourth-order valence-electron chi connectivity index (χ4n) is 7.65. The van der Waals surface area contributed by atoms with E-state index in [1.54, 1.807) is 24.3 Å². The van der Waals surface area contributed by atoms with Gasteiger partial charge < -0.3 is 20.9 Å². The first kappa shape index (κ1) is 46.0. The Labute approximate surface area is 369 Å².